The molecule has 0 saturated carbocycles. The van der Waals surface area contributed by atoms with E-state index in [9.17, 15) is 14.7 Å². The highest BCUT2D eigenvalue weighted by molar-refractivity contribution is 5.70. The Morgan fingerprint density at radius 3 is 1.43 bits per heavy atom. The molecule has 0 amide bonds. The number of esters is 2. The van der Waals surface area contributed by atoms with Gasteiger partial charge in [0.1, 0.15) is 6.61 Å². The molecule has 1 N–H and O–H groups in total. The monoisotopic (exact) mass is 526 g/mol. The van der Waals surface area contributed by atoms with E-state index in [1.807, 2.05) is 0 Å². The number of aliphatic hydroxyl groups is 1. The highest BCUT2D eigenvalue weighted by atomic mass is 16.6. The molecule has 0 bridgehead atoms. The highest BCUT2D eigenvalue weighted by Crippen LogP contribution is 2.15. The second-order valence-corrected chi connectivity index (χ2v) is 11.4. The zero-order valence-corrected chi connectivity index (χ0v) is 24.9. The topological polar surface area (TPSA) is 72.8 Å². The van der Waals surface area contributed by atoms with Crippen LogP contribution in [-0.4, -0.2) is 36.4 Å². The molecule has 1 atom stereocenters. The molecule has 220 valence electrons. The Kier molecular flexibility index (Phi) is 27.1. The Morgan fingerprint density at radius 1 is 0.595 bits per heavy atom. The molecule has 0 radical (unpaired) electrons. The quantitative estimate of drug-likeness (QED) is 0.0813. The van der Waals surface area contributed by atoms with E-state index in [2.05, 4.69) is 20.8 Å². The molecular weight excluding hydrogens is 464 g/mol. The van der Waals surface area contributed by atoms with Crippen molar-refractivity contribution in [1.82, 2.24) is 0 Å². The lowest BCUT2D eigenvalue weighted by Gasteiger charge is -2.15. The lowest BCUT2D eigenvalue weighted by molar-refractivity contribution is -0.161. The van der Waals surface area contributed by atoms with Crippen molar-refractivity contribution in [3.8, 4) is 0 Å². The molecule has 0 aliphatic heterocycles. The third-order valence-electron chi connectivity index (χ3n) is 7.08. The molecular formula is C32H62O5. The molecule has 0 fully saturated rings. The van der Waals surface area contributed by atoms with E-state index in [-0.39, 0.29) is 25.2 Å². The summed E-state index contributed by atoms with van der Waals surface area (Å²) in [6, 6.07) is 0. The van der Waals surface area contributed by atoms with Crippen LogP contribution in [0.3, 0.4) is 0 Å². The Balaban J connectivity index is 3.51. The van der Waals surface area contributed by atoms with Crippen LogP contribution < -0.4 is 0 Å². The van der Waals surface area contributed by atoms with Gasteiger partial charge in [0.2, 0.25) is 0 Å². The van der Waals surface area contributed by atoms with E-state index in [4.69, 9.17) is 9.47 Å². The fraction of sp³-hybridized carbons (Fsp3) is 0.938. The van der Waals surface area contributed by atoms with Crippen molar-refractivity contribution >= 4 is 11.9 Å². The largest absolute Gasteiger partial charge is 0.462 e. The summed E-state index contributed by atoms with van der Waals surface area (Å²) in [7, 11) is 0. The van der Waals surface area contributed by atoms with Crippen LogP contribution in [0.2, 0.25) is 0 Å². The number of aliphatic hydroxyl groups excluding tert-OH is 1. The fourth-order valence-electron chi connectivity index (χ4n) is 4.62. The third-order valence-corrected chi connectivity index (χ3v) is 7.08. The van der Waals surface area contributed by atoms with E-state index in [0.717, 1.165) is 38.0 Å². The first-order valence-electron chi connectivity index (χ1n) is 16.0. The van der Waals surface area contributed by atoms with Crippen LogP contribution in [0.1, 0.15) is 168 Å². The summed E-state index contributed by atoms with van der Waals surface area (Å²) >= 11 is 0. The summed E-state index contributed by atoms with van der Waals surface area (Å²) < 4.78 is 10.5. The molecule has 0 aliphatic rings. The number of carbonyl (C=O) groups excluding carboxylic acids is 2. The molecule has 0 saturated heterocycles. The van der Waals surface area contributed by atoms with Crippen LogP contribution in [0.25, 0.3) is 0 Å². The van der Waals surface area contributed by atoms with Gasteiger partial charge in [-0.3, -0.25) is 9.59 Å². The lowest BCUT2D eigenvalue weighted by Crippen LogP contribution is -2.28. The third kappa shape index (κ3) is 27.7. The molecule has 0 heterocycles. The zero-order valence-electron chi connectivity index (χ0n) is 24.9. The Bertz CT molecular complexity index is 505. The van der Waals surface area contributed by atoms with Gasteiger partial charge in [0.25, 0.3) is 0 Å². The Morgan fingerprint density at radius 2 is 1.00 bits per heavy atom. The average molecular weight is 527 g/mol. The van der Waals surface area contributed by atoms with Gasteiger partial charge >= 0.3 is 11.9 Å². The number of ether oxygens (including phenoxy) is 2. The van der Waals surface area contributed by atoms with Crippen LogP contribution in [0.5, 0.6) is 0 Å². The first-order chi connectivity index (χ1) is 18.0. The van der Waals surface area contributed by atoms with Crippen LogP contribution in [0, 0.1) is 5.92 Å². The summed E-state index contributed by atoms with van der Waals surface area (Å²) in [6.07, 6.45) is 26.0. The summed E-state index contributed by atoms with van der Waals surface area (Å²) in [5, 5.41) is 9.44. The van der Waals surface area contributed by atoms with Crippen molar-refractivity contribution < 1.29 is 24.2 Å². The second kappa shape index (κ2) is 27.9. The van der Waals surface area contributed by atoms with Gasteiger partial charge in [0.05, 0.1) is 6.61 Å². The molecule has 0 spiro atoms. The zero-order chi connectivity index (χ0) is 27.4. The minimum atomic E-state index is -0.758. The van der Waals surface area contributed by atoms with Gasteiger partial charge in [0, 0.05) is 12.8 Å². The maximum atomic E-state index is 12.0. The SMILES string of the molecule is CCCCCCCCCC(=O)O[C@@H](CO)COC(=O)CCCCCCCCCCCCCCCC(C)C. The normalized spacial score (nSPS) is 12.1. The second-order valence-electron chi connectivity index (χ2n) is 11.4. The summed E-state index contributed by atoms with van der Waals surface area (Å²) in [5.41, 5.74) is 0. The average Bonchev–Trinajstić information content (AvgIpc) is 2.88. The van der Waals surface area contributed by atoms with Gasteiger partial charge in [-0.2, -0.15) is 0 Å². The van der Waals surface area contributed by atoms with E-state index >= 15 is 0 Å². The Labute approximate surface area is 229 Å². The molecule has 0 aromatic rings. The molecule has 0 aromatic heterocycles. The molecule has 0 unspecified atom stereocenters. The van der Waals surface area contributed by atoms with Crippen LogP contribution in [0.4, 0.5) is 0 Å². The van der Waals surface area contributed by atoms with Gasteiger partial charge < -0.3 is 14.6 Å². The van der Waals surface area contributed by atoms with E-state index in [1.54, 1.807) is 0 Å². The number of hydrogen-bond acceptors (Lipinski definition) is 5. The standard InChI is InChI=1S/C32H62O5/c1-4-5-6-7-15-20-23-26-32(35)37-30(27-33)28-36-31(34)25-22-19-17-14-12-10-8-9-11-13-16-18-21-24-29(2)3/h29-30,33H,4-28H2,1-3H3/t30-/m0/s1. The maximum absolute atomic E-state index is 12.0. The molecule has 37 heavy (non-hydrogen) atoms. The van der Waals surface area contributed by atoms with E-state index in [1.165, 1.54) is 103 Å². The van der Waals surface area contributed by atoms with Crippen molar-refractivity contribution in [2.75, 3.05) is 13.2 Å². The molecule has 0 aromatic carbocycles. The number of unbranched alkanes of at least 4 members (excludes halogenated alkanes) is 18. The minimum Gasteiger partial charge on any atom is -0.462 e. The molecule has 0 aliphatic carbocycles. The summed E-state index contributed by atoms with van der Waals surface area (Å²) in [4.78, 5) is 23.9. The van der Waals surface area contributed by atoms with Gasteiger partial charge in [-0.15, -0.1) is 0 Å². The van der Waals surface area contributed by atoms with Crippen molar-refractivity contribution in [1.29, 1.82) is 0 Å². The van der Waals surface area contributed by atoms with Gasteiger partial charge in [-0.1, -0.05) is 143 Å². The molecule has 0 rings (SSSR count). The number of carbonyl (C=O) groups is 2. The summed E-state index contributed by atoms with van der Waals surface area (Å²) in [6.45, 7) is 6.43. The van der Waals surface area contributed by atoms with Crippen molar-refractivity contribution in [2.45, 2.75) is 175 Å². The predicted molar refractivity (Wildman–Crippen MR) is 155 cm³/mol. The highest BCUT2D eigenvalue weighted by Gasteiger charge is 2.16. The van der Waals surface area contributed by atoms with Crippen molar-refractivity contribution in [2.24, 2.45) is 5.92 Å². The van der Waals surface area contributed by atoms with E-state index < -0.39 is 6.10 Å². The van der Waals surface area contributed by atoms with Crippen molar-refractivity contribution in [3.05, 3.63) is 0 Å². The van der Waals surface area contributed by atoms with Crippen LogP contribution in [0.15, 0.2) is 0 Å². The minimum absolute atomic E-state index is 0.0595. The first kappa shape index (κ1) is 35.9. The van der Waals surface area contributed by atoms with Gasteiger partial charge in [-0.25, -0.2) is 0 Å². The molecule has 5 nitrogen and oxygen atoms in total. The van der Waals surface area contributed by atoms with Gasteiger partial charge in [-0.05, 0) is 18.8 Å². The lowest BCUT2D eigenvalue weighted by atomic mass is 10.0. The Hall–Kier alpha value is -1.10. The van der Waals surface area contributed by atoms with Crippen molar-refractivity contribution in [3.63, 3.8) is 0 Å². The fourth-order valence-corrected chi connectivity index (χ4v) is 4.62. The number of rotatable bonds is 28. The van der Waals surface area contributed by atoms with Gasteiger partial charge in [0.15, 0.2) is 6.10 Å². The summed E-state index contributed by atoms with van der Waals surface area (Å²) in [5.74, 6) is 0.257. The maximum Gasteiger partial charge on any atom is 0.306 e. The number of hydrogen-bond donors (Lipinski definition) is 1. The predicted octanol–water partition coefficient (Wildman–Crippen LogP) is 9.08. The molecule has 5 heteroatoms. The van der Waals surface area contributed by atoms with Crippen LogP contribution >= 0.6 is 0 Å². The smallest absolute Gasteiger partial charge is 0.306 e. The first-order valence-corrected chi connectivity index (χ1v) is 16.0. The van der Waals surface area contributed by atoms with E-state index in [0.29, 0.717) is 12.8 Å². The van der Waals surface area contributed by atoms with Crippen LogP contribution in [-0.2, 0) is 19.1 Å².